The van der Waals surface area contributed by atoms with Gasteiger partial charge in [0.1, 0.15) is 6.54 Å². The van der Waals surface area contributed by atoms with Crippen molar-refractivity contribution in [2.45, 2.75) is 32.7 Å². The summed E-state index contributed by atoms with van der Waals surface area (Å²) in [6.45, 7) is 4.14. The lowest BCUT2D eigenvalue weighted by Gasteiger charge is -2.20. The lowest BCUT2D eigenvalue weighted by molar-refractivity contribution is -0.144. The number of carbonyl (C=O) groups is 2. The lowest BCUT2D eigenvalue weighted by Crippen LogP contribution is -2.38. The van der Waals surface area contributed by atoms with Crippen LogP contribution in [0.2, 0.25) is 0 Å². The smallest absolute Gasteiger partial charge is 0.410 e. The van der Waals surface area contributed by atoms with E-state index in [1.807, 2.05) is 0 Å². The number of hydrogen-bond acceptors (Lipinski definition) is 4. The summed E-state index contributed by atoms with van der Waals surface area (Å²) >= 11 is 0. The van der Waals surface area contributed by atoms with E-state index in [9.17, 15) is 9.59 Å². The molecule has 0 unspecified atom stereocenters. The molecule has 1 fully saturated rings. The van der Waals surface area contributed by atoms with Gasteiger partial charge in [0.05, 0.1) is 13.2 Å². The highest BCUT2D eigenvalue weighted by Crippen LogP contribution is 2.27. The van der Waals surface area contributed by atoms with E-state index in [1.54, 1.807) is 13.8 Å². The maximum atomic E-state index is 11.5. The molecule has 0 spiro atoms. The van der Waals surface area contributed by atoms with Gasteiger partial charge in [-0.3, -0.25) is 9.69 Å². The molecule has 0 aromatic rings. The van der Waals surface area contributed by atoms with Gasteiger partial charge in [0.15, 0.2) is 0 Å². The van der Waals surface area contributed by atoms with Gasteiger partial charge in [0, 0.05) is 6.04 Å². The molecule has 0 radical (unpaired) electrons. The summed E-state index contributed by atoms with van der Waals surface area (Å²) in [4.78, 5) is 24.1. The maximum absolute atomic E-state index is 11.5. The van der Waals surface area contributed by atoms with E-state index < -0.39 is 6.09 Å². The predicted octanol–water partition coefficient (Wildman–Crippen LogP) is 1.17. The van der Waals surface area contributed by atoms with E-state index in [2.05, 4.69) is 0 Å². The van der Waals surface area contributed by atoms with Crippen molar-refractivity contribution in [2.75, 3.05) is 19.8 Å². The van der Waals surface area contributed by atoms with Crippen LogP contribution >= 0.6 is 0 Å². The van der Waals surface area contributed by atoms with Crippen LogP contribution in [-0.2, 0) is 14.3 Å². The molecule has 1 aliphatic carbocycles. The Kier molecular flexibility index (Phi) is 4.39. The summed E-state index contributed by atoms with van der Waals surface area (Å²) in [6.07, 6.45) is 1.46. The number of ether oxygens (including phenoxy) is 2. The summed E-state index contributed by atoms with van der Waals surface area (Å²) in [7, 11) is 0. The molecule has 5 nitrogen and oxygen atoms in total. The number of rotatable bonds is 5. The quantitative estimate of drug-likeness (QED) is 0.646. The Balaban J connectivity index is 2.43. The highest BCUT2D eigenvalue weighted by atomic mass is 16.6. The van der Waals surface area contributed by atoms with Crippen molar-refractivity contribution in [3.63, 3.8) is 0 Å². The minimum Gasteiger partial charge on any atom is -0.465 e. The van der Waals surface area contributed by atoms with E-state index in [0.717, 1.165) is 12.8 Å². The first-order chi connectivity index (χ1) is 7.19. The van der Waals surface area contributed by atoms with Crippen LogP contribution in [0.5, 0.6) is 0 Å². The monoisotopic (exact) mass is 215 g/mol. The number of carbonyl (C=O) groups excluding carboxylic acids is 2. The molecule has 1 amide bonds. The van der Waals surface area contributed by atoms with E-state index in [4.69, 9.17) is 9.47 Å². The zero-order chi connectivity index (χ0) is 11.3. The van der Waals surface area contributed by atoms with Crippen LogP contribution in [0.4, 0.5) is 4.79 Å². The van der Waals surface area contributed by atoms with Crippen LogP contribution < -0.4 is 0 Å². The van der Waals surface area contributed by atoms with Gasteiger partial charge in [-0.15, -0.1) is 0 Å². The number of esters is 1. The fourth-order valence-electron chi connectivity index (χ4n) is 1.28. The van der Waals surface area contributed by atoms with Crippen LogP contribution in [0.25, 0.3) is 0 Å². The second kappa shape index (κ2) is 5.58. The van der Waals surface area contributed by atoms with Gasteiger partial charge < -0.3 is 9.47 Å². The summed E-state index contributed by atoms with van der Waals surface area (Å²) < 4.78 is 9.65. The average Bonchev–Trinajstić information content (AvgIpc) is 2.98. The minimum atomic E-state index is -0.423. The predicted molar refractivity (Wildman–Crippen MR) is 53.4 cm³/mol. The van der Waals surface area contributed by atoms with Crippen molar-refractivity contribution in [1.29, 1.82) is 0 Å². The van der Waals surface area contributed by atoms with Gasteiger partial charge in [-0.1, -0.05) is 0 Å². The molecule has 0 N–H and O–H groups in total. The zero-order valence-corrected chi connectivity index (χ0v) is 9.19. The van der Waals surface area contributed by atoms with Crippen LogP contribution in [0.3, 0.4) is 0 Å². The molecule has 1 aliphatic rings. The molecule has 1 saturated carbocycles. The molecule has 0 aromatic carbocycles. The Hall–Kier alpha value is -1.26. The Morgan fingerprint density at radius 2 is 1.80 bits per heavy atom. The molecule has 15 heavy (non-hydrogen) atoms. The van der Waals surface area contributed by atoms with Crippen molar-refractivity contribution in [2.24, 2.45) is 0 Å². The number of hydrogen-bond donors (Lipinski definition) is 0. The van der Waals surface area contributed by atoms with E-state index >= 15 is 0 Å². The van der Waals surface area contributed by atoms with Crippen molar-refractivity contribution in [1.82, 2.24) is 4.90 Å². The van der Waals surface area contributed by atoms with Gasteiger partial charge in [-0.2, -0.15) is 0 Å². The topological polar surface area (TPSA) is 55.8 Å². The molecule has 0 heterocycles. The van der Waals surface area contributed by atoms with Crippen LogP contribution in [0.15, 0.2) is 0 Å². The van der Waals surface area contributed by atoms with Gasteiger partial charge in [-0.05, 0) is 26.7 Å². The van der Waals surface area contributed by atoms with Crippen molar-refractivity contribution in [3.8, 4) is 0 Å². The summed E-state index contributed by atoms with van der Waals surface area (Å²) in [6, 6.07) is 0.161. The molecule has 0 aliphatic heterocycles. The van der Waals surface area contributed by atoms with Crippen LogP contribution in [0, 0.1) is 0 Å². The molecular weight excluding hydrogens is 198 g/mol. The average molecular weight is 215 g/mol. The van der Waals surface area contributed by atoms with Gasteiger partial charge >= 0.3 is 12.1 Å². The van der Waals surface area contributed by atoms with Gasteiger partial charge in [0.2, 0.25) is 0 Å². The fraction of sp³-hybridized carbons (Fsp3) is 0.800. The highest BCUT2D eigenvalue weighted by molar-refractivity contribution is 5.78. The second-order valence-electron chi connectivity index (χ2n) is 3.36. The molecule has 0 atom stereocenters. The molecule has 0 saturated heterocycles. The number of amides is 1. The van der Waals surface area contributed by atoms with Crippen molar-refractivity contribution in [3.05, 3.63) is 0 Å². The molecule has 0 bridgehead atoms. The summed E-state index contributed by atoms with van der Waals surface area (Å²) in [5, 5.41) is 0. The Morgan fingerprint density at radius 3 is 2.27 bits per heavy atom. The third-order valence-corrected chi connectivity index (χ3v) is 2.09. The molecular formula is C10H17NO4. The first kappa shape index (κ1) is 11.8. The van der Waals surface area contributed by atoms with E-state index in [-0.39, 0.29) is 18.6 Å². The minimum absolute atomic E-state index is 0.00264. The lowest BCUT2D eigenvalue weighted by atomic mass is 10.5. The third kappa shape index (κ3) is 3.77. The Bertz CT molecular complexity index is 238. The zero-order valence-electron chi connectivity index (χ0n) is 9.19. The normalized spacial score (nSPS) is 14.5. The Labute approximate surface area is 89.3 Å². The largest absolute Gasteiger partial charge is 0.465 e. The number of nitrogens with zero attached hydrogens (tertiary/aromatic N) is 1. The summed E-state index contributed by atoms with van der Waals surface area (Å²) in [5.41, 5.74) is 0. The molecule has 0 aromatic heterocycles. The standard InChI is InChI=1S/C10H17NO4/c1-3-14-9(12)7-11(8-5-6-8)10(13)15-4-2/h8H,3-7H2,1-2H3. The Morgan fingerprint density at radius 1 is 1.20 bits per heavy atom. The fourth-order valence-corrected chi connectivity index (χ4v) is 1.28. The first-order valence-electron chi connectivity index (χ1n) is 5.28. The first-order valence-corrected chi connectivity index (χ1v) is 5.28. The van der Waals surface area contributed by atoms with Crippen LogP contribution in [0.1, 0.15) is 26.7 Å². The van der Waals surface area contributed by atoms with Crippen molar-refractivity contribution < 1.29 is 19.1 Å². The molecule has 5 heteroatoms. The molecule has 86 valence electrons. The van der Waals surface area contributed by atoms with E-state index in [1.165, 1.54) is 4.90 Å². The maximum Gasteiger partial charge on any atom is 0.410 e. The highest BCUT2D eigenvalue weighted by Gasteiger charge is 2.35. The van der Waals surface area contributed by atoms with E-state index in [0.29, 0.717) is 13.2 Å². The third-order valence-electron chi connectivity index (χ3n) is 2.09. The van der Waals surface area contributed by atoms with Crippen LogP contribution in [-0.4, -0.2) is 42.8 Å². The summed E-state index contributed by atoms with van der Waals surface area (Å²) in [5.74, 6) is -0.377. The van der Waals surface area contributed by atoms with Crippen molar-refractivity contribution >= 4 is 12.1 Å². The SMILES string of the molecule is CCOC(=O)CN(C(=O)OCC)C1CC1. The molecule has 1 rings (SSSR count). The van der Waals surface area contributed by atoms with Gasteiger partial charge in [-0.25, -0.2) is 4.79 Å². The van der Waals surface area contributed by atoms with Gasteiger partial charge in [0.25, 0.3) is 0 Å². The second-order valence-corrected chi connectivity index (χ2v) is 3.36.